The quantitative estimate of drug-likeness (QED) is 0.147. The van der Waals surface area contributed by atoms with Crippen LogP contribution in [0.3, 0.4) is 0 Å². The van der Waals surface area contributed by atoms with Crippen LogP contribution in [0, 0.1) is 5.92 Å². The lowest BCUT2D eigenvalue weighted by Gasteiger charge is -2.35. The average molecular weight is 907 g/mol. The van der Waals surface area contributed by atoms with Gasteiger partial charge < -0.3 is 9.47 Å². The highest BCUT2D eigenvalue weighted by Crippen LogP contribution is 2.59. The van der Waals surface area contributed by atoms with E-state index in [1.807, 2.05) is 0 Å². The fourth-order valence-electron chi connectivity index (χ4n) is 13.0. The fourth-order valence-corrected chi connectivity index (χ4v) is 13.0. The highest BCUT2D eigenvalue weighted by molar-refractivity contribution is 5.94. The normalized spacial score (nSPS) is 15.4. The molecule has 10 aromatic carbocycles. The minimum absolute atomic E-state index is 0.473. The lowest BCUT2D eigenvalue weighted by molar-refractivity contribution is 0.690. The van der Waals surface area contributed by atoms with Crippen molar-refractivity contribution in [1.82, 2.24) is 4.57 Å². The molecule has 1 heterocycles. The van der Waals surface area contributed by atoms with Gasteiger partial charge in [-0.05, 0) is 134 Å². The molecule has 0 aliphatic heterocycles. The summed E-state index contributed by atoms with van der Waals surface area (Å²) in [5.74, 6) is 0.473. The van der Waals surface area contributed by atoms with Crippen LogP contribution in [0.5, 0.6) is 0 Å². The summed E-state index contributed by atoms with van der Waals surface area (Å²) in [5, 5.41) is 1.30. The molecule has 0 bridgehead atoms. The lowest BCUT2D eigenvalue weighted by atomic mass is 9.67. The summed E-state index contributed by atoms with van der Waals surface area (Å²) in [4.78, 5) is 2.47. The SMILES string of the molecule is CC1C=Cc2c(n(-c3ccc(N(c4ccc(C5(c6ccccc6)c6ccccc6-c6ccccc65)cc4)c4ccc5c(c4)C(c4ccccc4)(c4ccccc4)c4ccccc4-5)cc3)c3ccccc23)C1. The van der Waals surface area contributed by atoms with E-state index in [1.54, 1.807) is 0 Å². The largest absolute Gasteiger partial charge is 0.313 e. The Kier molecular flexibility index (Phi) is 9.41. The molecule has 3 aliphatic rings. The van der Waals surface area contributed by atoms with Crippen LogP contribution < -0.4 is 4.90 Å². The maximum absolute atomic E-state index is 2.49. The molecule has 11 aromatic rings. The topological polar surface area (TPSA) is 8.17 Å². The van der Waals surface area contributed by atoms with E-state index < -0.39 is 10.8 Å². The van der Waals surface area contributed by atoms with Crippen LogP contribution in [-0.2, 0) is 17.3 Å². The molecule has 1 atom stereocenters. The molecule has 3 aliphatic carbocycles. The van der Waals surface area contributed by atoms with Gasteiger partial charge in [0.2, 0.25) is 0 Å². The van der Waals surface area contributed by atoms with Crippen LogP contribution in [0.25, 0.3) is 44.9 Å². The van der Waals surface area contributed by atoms with E-state index in [-0.39, 0.29) is 0 Å². The summed E-state index contributed by atoms with van der Waals surface area (Å²) in [6.45, 7) is 2.32. The third-order valence-corrected chi connectivity index (χ3v) is 15.9. The van der Waals surface area contributed by atoms with Crippen molar-refractivity contribution in [2.24, 2.45) is 5.92 Å². The molecular weight excluding hydrogens is 857 g/mol. The predicted molar refractivity (Wildman–Crippen MR) is 294 cm³/mol. The standard InChI is InChI=1S/C69H50N2/c1-47-33-43-61-60-28-14-18-32-66(60)71(67(61)45-47)54-40-38-53(39-41-54)70(52-36-34-51(35-37-52)68(48-19-5-2-6-20-48)62-29-15-11-25-56(62)57-26-12-16-30-63(57)68)55-42-44-59-58-27-13-17-31-64(58)69(65(59)46-55,49-21-7-3-8-22-49)50-23-9-4-10-24-50/h2-44,46-47H,45H2,1H3. The summed E-state index contributed by atoms with van der Waals surface area (Å²) >= 11 is 0. The highest BCUT2D eigenvalue weighted by atomic mass is 15.1. The van der Waals surface area contributed by atoms with Gasteiger partial charge in [0, 0.05) is 39.4 Å². The molecule has 0 saturated heterocycles. The second-order valence-electron chi connectivity index (χ2n) is 19.6. The van der Waals surface area contributed by atoms with Crippen molar-refractivity contribution in [1.29, 1.82) is 0 Å². The van der Waals surface area contributed by atoms with Gasteiger partial charge in [0.05, 0.1) is 16.3 Å². The van der Waals surface area contributed by atoms with Crippen molar-refractivity contribution < 1.29 is 0 Å². The zero-order valence-corrected chi connectivity index (χ0v) is 39.6. The Morgan fingerprint density at radius 1 is 0.394 bits per heavy atom. The summed E-state index contributed by atoms with van der Waals surface area (Å²) in [7, 11) is 0. The molecule has 14 rings (SSSR count). The third kappa shape index (κ3) is 6.01. The molecule has 1 unspecified atom stereocenters. The van der Waals surface area contributed by atoms with Crippen LogP contribution in [-0.4, -0.2) is 4.57 Å². The van der Waals surface area contributed by atoms with Gasteiger partial charge in [0.15, 0.2) is 0 Å². The molecule has 71 heavy (non-hydrogen) atoms. The molecule has 0 saturated carbocycles. The maximum Gasteiger partial charge on any atom is 0.0714 e. The number of hydrogen-bond acceptors (Lipinski definition) is 1. The van der Waals surface area contributed by atoms with Crippen molar-refractivity contribution >= 4 is 34.0 Å². The molecule has 336 valence electrons. The molecule has 2 nitrogen and oxygen atoms in total. The fraction of sp³-hybridized carbons (Fsp3) is 0.0725. The van der Waals surface area contributed by atoms with Crippen LogP contribution in [0.1, 0.15) is 62.7 Å². The number of benzene rings is 10. The Balaban J connectivity index is 0.982. The van der Waals surface area contributed by atoms with E-state index in [4.69, 9.17) is 0 Å². The number of aromatic nitrogens is 1. The number of fused-ring (bicyclic) bond motifs is 9. The zero-order chi connectivity index (χ0) is 47.1. The molecule has 0 fully saturated rings. The van der Waals surface area contributed by atoms with E-state index in [9.17, 15) is 0 Å². The lowest BCUT2D eigenvalue weighted by Crippen LogP contribution is -2.29. The second kappa shape index (κ2) is 16.2. The molecule has 0 radical (unpaired) electrons. The first-order chi connectivity index (χ1) is 35.1. The smallest absolute Gasteiger partial charge is 0.0714 e. The number of allylic oxidation sites excluding steroid dienone is 1. The van der Waals surface area contributed by atoms with Crippen molar-refractivity contribution in [3.63, 3.8) is 0 Å². The maximum atomic E-state index is 2.49. The minimum atomic E-state index is -0.532. The molecule has 1 aromatic heterocycles. The number of rotatable bonds is 8. The number of hydrogen-bond donors (Lipinski definition) is 0. The van der Waals surface area contributed by atoms with E-state index in [2.05, 4.69) is 283 Å². The summed E-state index contributed by atoms with van der Waals surface area (Å²) in [6, 6.07) is 95.2. The Bertz CT molecular complexity index is 3760. The van der Waals surface area contributed by atoms with Gasteiger partial charge in [-0.2, -0.15) is 0 Å². The van der Waals surface area contributed by atoms with Crippen LogP contribution in [0.4, 0.5) is 17.1 Å². The number of para-hydroxylation sites is 1. The molecular formula is C69H50N2. The number of anilines is 3. The van der Waals surface area contributed by atoms with E-state index in [1.165, 1.54) is 94.6 Å². The summed E-state index contributed by atoms with van der Waals surface area (Å²) in [6.07, 6.45) is 5.70. The molecule has 0 N–H and O–H groups in total. The summed E-state index contributed by atoms with van der Waals surface area (Å²) in [5.41, 5.74) is 22.7. The van der Waals surface area contributed by atoms with E-state index in [0.29, 0.717) is 5.92 Å². The van der Waals surface area contributed by atoms with Crippen molar-refractivity contribution in [3.05, 3.63) is 317 Å². The Hall–Kier alpha value is -8.72. The highest BCUT2D eigenvalue weighted by Gasteiger charge is 2.47. The first kappa shape index (κ1) is 41.3. The Labute approximate surface area is 416 Å². The van der Waals surface area contributed by atoms with Crippen LogP contribution >= 0.6 is 0 Å². The van der Waals surface area contributed by atoms with Crippen molar-refractivity contribution in [2.75, 3.05) is 4.90 Å². The predicted octanol–water partition coefficient (Wildman–Crippen LogP) is 17.0. The minimum Gasteiger partial charge on any atom is -0.313 e. The Morgan fingerprint density at radius 3 is 1.37 bits per heavy atom. The van der Waals surface area contributed by atoms with Crippen LogP contribution in [0.2, 0.25) is 0 Å². The van der Waals surface area contributed by atoms with Gasteiger partial charge in [0.25, 0.3) is 0 Å². The summed E-state index contributed by atoms with van der Waals surface area (Å²) < 4.78 is 2.49. The van der Waals surface area contributed by atoms with Gasteiger partial charge in [-0.1, -0.05) is 219 Å². The van der Waals surface area contributed by atoms with Gasteiger partial charge >= 0.3 is 0 Å². The van der Waals surface area contributed by atoms with Gasteiger partial charge in [-0.3, -0.25) is 0 Å². The monoisotopic (exact) mass is 906 g/mol. The average Bonchev–Trinajstić information content (AvgIpc) is 4.04. The third-order valence-electron chi connectivity index (χ3n) is 15.9. The van der Waals surface area contributed by atoms with Crippen LogP contribution in [0.15, 0.2) is 261 Å². The zero-order valence-electron chi connectivity index (χ0n) is 39.6. The van der Waals surface area contributed by atoms with Gasteiger partial charge in [-0.15, -0.1) is 0 Å². The van der Waals surface area contributed by atoms with Crippen molar-refractivity contribution in [3.8, 4) is 27.9 Å². The first-order valence-corrected chi connectivity index (χ1v) is 25.1. The number of nitrogens with zero attached hydrogens (tertiary/aromatic N) is 2. The first-order valence-electron chi connectivity index (χ1n) is 25.1. The molecule has 0 spiro atoms. The second-order valence-corrected chi connectivity index (χ2v) is 19.6. The Morgan fingerprint density at radius 2 is 0.817 bits per heavy atom. The van der Waals surface area contributed by atoms with Gasteiger partial charge in [-0.25, -0.2) is 0 Å². The van der Waals surface area contributed by atoms with Crippen molar-refractivity contribution in [2.45, 2.75) is 24.2 Å². The van der Waals surface area contributed by atoms with E-state index in [0.717, 1.165) is 23.5 Å². The molecule has 0 amide bonds. The molecule has 2 heteroatoms. The van der Waals surface area contributed by atoms with E-state index >= 15 is 0 Å². The van der Waals surface area contributed by atoms with Gasteiger partial charge in [0.1, 0.15) is 0 Å².